The van der Waals surface area contributed by atoms with Crippen molar-refractivity contribution in [3.8, 4) is 5.75 Å². The highest BCUT2D eigenvalue weighted by atomic mass is 35.6. The number of rotatable bonds is 0. The molecule has 59 valence electrons. The molecule has 0 unspecified atom stereocenters. The Labute approximate surface area is 79.5 Å². The molecule has 0 heterocycles. The second-order valence-corrected chi connectivity index (χ2v) is 4.30. The van der Waals surface area contributed by atoms with Crippen LogP contribution in [0.1, 0.15) is 5.56 Å². The molecular formula is C7H4Cl3O. The monoisotopic (exact) mass is 209 g/mol. The van der Waals surface area contributed by atoms with Crippen LogP contribution in [0, 0.1) is 0 Å². The number of alkyl halides is 3. The van der Waals surface area contributed by atoms with Crippen LogP contribution in [0.3, 0.4) is 0 Å². The van der Waals surface area contributed by atoms with Crippen molar-refractivity contribution in [2.45, 2.75) is 3.79 Å². The largest absolute Gasteiger partial charge is 0.290 e. The van der Waals surface area contributed by atoms with Crippen molar-refractivity contribution in [1.29, 1.82) is 0 Å². The van der Waals surface area contributed by atoms with Crippen molar-refractivity contribution >= 4 is 34.8 Å². The van der Waals surface area contributed by atoms with E-state index in [0.29, 0.717) is 5.56 Å². The van der Waals surface area contributed by atoms with E-state index in [0.717, 1.165) is 0 Å². The molecule has 0 aromatic heterocycles. The van der Waals surface area contributed by atoms with E-state index >= 15 is 0 Å². The highest BCUT2D eigenvalue weighted by molar-refractivity contribution is 6.66. The Morgan fingerprint density at radius 1 is 1.00 bits per heavy atom. The molecule has 0 saturated heterocycles. The van der Waals surface area contributed by atoms with E-state index in [1.54, 1.807) is 0 Å². The molecule has 11 heavy (non-hydrogen) atoms. The minimum atomic E-state index is -1.44. The first-order chi connectivity index (χ1) is 5.00. The van der Waals surface area contributed by atoms with Gasteiger partial charge in [0, 0.05) is 5.56 Å². The summed E-state index contributed by atoms with van der Waals surface area (Å²) in [5.74, 6) is -0.0944. The van der Waals surface area contributed by atoms with Crippen LogP contribution in [0.25, 0.3) is 0 Å². The van der Waals surface area contributed by atoms with Gasteiger partial charge in [-0.3, -0.25) is 5.11 Å². The molecule has 0 saturated carbocycles. The lowest BCUT2D eigenvalue weighted by atomic mass is 10.2. The van der Waals surface area contributed by atoms with E-state index in [2.05, 4.69) is 0 Å². The molecule has 0 fully saturated rings. The maximum absolute atomic E-state index is 10.6. The van der Waals surface area contributed by atoms with Gasteiger partial charge in [-0.15, -0.1) is 0 Å². The Hall–Kier alpha value is -0.110. The van der Waals surface area contributed by atoms with E-state index in [-0.39, 0.29) is 5.75 Å². The third-order valence-corrected chi connectivity index (χ3v) is 1.84. The molecule has 0 N–H and O–H groups in total. The lowest BCUT2D eigenvalue weighted by Crippen LogP contribution is -1.98. The van der Waals surface area contributed by atoms with Crippen LogP contribution in [-0.2, 0) is 8.90 Å². The first-order valence-corrected chi connectivity index (χ1v) is 3.98. The van der Waals surface area contributed by atoms with Gasteiger partial charge in [-0.25, -0.2) is 0 Å². The van der Waals surface area contributed by atoms with Gasteiger partial charge in [-0.05, 0) is 12.1 Å². The number of benzene rings is 1. The SMILES string of the molecule is [O]c1ccc(C(Cl)(Cl)Cl)cc1. The molecule has 1 rings (SSSR count). The zero-order chi connectivity index (χ0) is 8.48. The first-order valence-electron chi connectivity index (χ1n) is 2.84. The molecule has 0 aliphatic heterocycles. The summed E-state index contributed by atoms with van der Waals surface area (Å²) in [5.41, 5.74) is 0.502. The lowest BCUT2D eigenvalue weighted by molar-refractivity contribution is 0.355. The summed E-state index contributed by atoms with van der Waals surface area (Å²) in [6, 6.07) is 5.71. The molecule has 1 nitrogen and oxygen atoms in total. The van der Waals surface area contributed by atoms with Gasteiger partial charge >= 0.3 is 0 Å². The van der Waals surface area contributed by atoms with Crippen molar-refractivity contribution in [2.24, 2.45) is 0 Å². The smallest absolute Gasteiger partial charge is 0.216 e. The Morgan fingerprint density at radius 2 is 1.45 bits per heavy atom. The second-order valence-electron chi connectivity index (χ2n) is 2.02. The third kappa shape index (κ3) is 2.44. The molecule has 1 aromatic carbocycles. The predicted molar refractivity (Wildman–Crippen MR) is 45.8 cm³/mol. The van der Waals surface area contributed by atoms with Crippen LogP contribution in [0.5, 0.6) is 5.75 Å². The molecule has 1 radical (unpaired) electrons. The van der Waals surface area contributed by atoms with Gasteiger partial charge in [0.2, 0.25) is 3.79 Å². The van der Waals surface area contributed by atoms with Crippen LogP contribution in [0.4, 0.5) is 0 Å². The summed E-state index contributed by atoms with van der Waals surface area (Å²) in [6.45, 7) is 0. The highest BCUT2D eigenvalue weighted by Gasteiger charge is 2.21. The van der Waals surface area contributed by atoms with Gasteiger partial charge in [0.15, 0.2) is 5.75 Å². The van der Waals surface area contributed by atoms with Crippen LogP contribution in [0.2, 0.25) is 0 Å². The molecule has 0 aliphatic rings. The molecular weight excluding hydrogens is 206 g/mol. The van der Waals surface area contributed by atoms with Gasteiger partial charge in [0.25, 0.3) is 0 Å². The van der Waals surface area contributed by atoms with Gasteiger partial charge in [-0.2, -0.15) is 0 Å². The standard InChI is InChI=1S/C7H4Cl3O/c8-7(9,10)5-1-3-6(11)4-2-5/h1-4H. The van der Waals surface area contributed by atoms with Gasteiger partial charge in [0.1, 0.15) is 0 Å². The van der Waals surface area contributed by atoms with Crippen LogP contribution in [0.15, 0.2) is 24.3 Å². The highest BCUT2D eigenvalue weighted by Crippen LogP contribution is 2.38. The average molecular weight is 210 g/mol. The van der Waals surface area contributed by atoms with E-state index in [1.165, 1.54) is 24.3 Å². The van der Waals surface area contributed by atoms with Gasteiger partial charge < -0.3 is 0 Å². The normalized spacial score (nSPS) is 11.5. The summed E-state index contributed by atoms with van der Waals surface area (Å²) in [7, 11) is 0. The lowest BCUT2D eigenvalue weighted by Gasteiger charge is -2.09. The fourth-order valence-electron chi connectivity index (χ4n) is 0.644. The number of halogens is 3. The molecule has 0 spiro atoms. The summed E-state index contributed by atoms with van der Waals surface area (Å²) in [4.78, 5) is 0. The van der Waals surface area contributed by atoms with E-state index in [1.807, 2.05) is 0 Å². The zero-order valence-electron chi connectivity index (χ0n) is 5.35. The first kappa shape index (κ1) is 8.98. The Kier molecular flexibility index (Phi) is 2.53. The molecule has 4 heteroatoms. The molecule has 0 aliphatic carbocycles. The van der Waals surface area contributed by atoms with Crippen LogP contribution < -0.4 is 0 Å². The summed E-state index contributed by atoms with van der Waals surface area (Å²) < 4.78 is -1.44. The van der Waals surface area contributed by atoms with E-state index < -0.39 is 3.79 Å². The van der Waals surface area contributed by atoms with Crippen molar-refractivity contribution in [3.05, 3.63) is 29.8 Å². The van der Waals surface area contributed by atoms with E-state index in [9.17, 15) is 5.11 Å². The van der Waals surface area contributed by atoms with Crippen molar-refractivity contribution < 1.29 is 5.11 Å². The zero-order valence-corrected chi connectivity index (χ0v) is 7.62. The van der Waals surface area contributed by atoms with Crippen LogP contribution in [-0.4, -0.2) is 0 Å². The quantitative estimate of drug-likeness (QED) is 0.583. The topological polar surface area (TPSA) is 19.9 Å². The van der Waals surface area contributed by atoms with Gasteiger partial charge in [0.05, 0.1) is 0 Å². The summed E-state index contributed by atoms with van der Waals surface area (Å²) >= 11 is 16.6. The molecule has 0 bridgehead atoms. The number of hydrogen-bond donors (Lipinski definition) is 0. The molecule has 0 amide bonds. The van der Waals surface area contributed by atoms with Crippen molar-refractivity contribution in [2.75, 3.05) is 0 Å². The van der Waals surface area contributed by atoms with Crippen molar-refractivity contribution in [3.63, 3.8) is 0 Å². The fourth-order valence-corrected chi connectivity index (χ4v) is 1.02. The molecule has 0 atom stereocenters. The third-order valence-electron chi connectivity index (χ3n) is 1.18. The minimum absolute atomic E-state index is 0.0944. The average Bonchev–Trinajstić information content (AvgIpc) is 1.86. The maximum atomic E-state index is 10.6. The Balaban J connectivity index is 2.99. The van der Waals surface area contributed by atoms with Crippen molar-refractivity contribution in [1.82, 2.24) is 0 Å². The predicted octanol–water partition coefficient (Wildman–Crippen LogP) is 3.66. The Morgan fingerprint density at radius 3 is 1.82 bits per heavy atom. The second kappa shape index (κ2) is 3.10. The summed E-state index contributed by atoms with van der Waals surface area (Å²) in [5, 5.41) is 10.6. The minimum Gasteiger partial charge on any atom is -0.290 e. The van der Waals surface area contributed by atoms with E-state index in [4.69, 9.17) is 34.8 Å². The Bertz CT molecular complexity index is 237. The van der Waals surface area contributed by atoms with Gasteiger partial charge in [-0.1, -0.05) is 46.9 Å². The molecule has 1 aromatic rings. The number of hydrogen-bond acceptors (Lipinski definition) is 0. The van der Waals surface area contributed by atoms with Crippen LogP contribution >= 0.6 is 34.8 Å². The summed E-state index contributed by atoms with van der Waals surface area (Å²) in [6.07, 6.45) is 0. The maximum Gasteiger partial charge on any atom is 0.216 e. The fraction of sp³-hybridized carbons (Fsp3) is 0.143.